The maximum Gasteiger partial charge on any atom is 0.227 e. The van der Waals surface area contributed by atoms with Crippen molar-refractivity contribution in [2.45, 2.75) is 13.8 Å². The largest absolute Gasteiger partial charge is 0.493 e. The molecule has 23 heavy (non-hydrogen) atoms. The molecule has 2 aromatic carbocycles. The van der Waals surface area contributed by atoms with E-state index in [0.717, 1.165) is 34.5 Å². The predicted molar refractivity (Wildman–Crippen MR) is 91.4 cm³/mol. The van der Waals surface area contributed by atoms with Crippen molar-refractivity contribution in [3.8, 4) is 23.0 Å². The third-order valence-corrected chi connectivity index (χ3v) is 3.69. The average molecular weight is 312 g/mol. The normalized spacial score (nSPS) is 10.8. The van der Waals surface area contributed by atoms with Crippen LogP contribution in [0.25, 0.3) is 22.6 Å². The average Bonchev–Trinajstić information content (AvgIpc) is 2.99. The fourth-order valence-corrected chi connectivity index (χ4v) is 2.60. The molecule has 0 fully saturated rings. The molecule has 0 aliphatic heterocycles. The molecule has 0 spiro atoms. The molecule has 5 heteroatoms. The summed E-state index contributed by atoms with van der Waals surface area (Å²) >= 11 is 0. The van der Waals surface area contributed by atoms with E-state index in [1.165, 1.54) is 0 Å². The maximum absolute atomic E-state index is 5.96. The zero-order chi connectivity index (χ0) is 16.4. The number of aromatic nitrogens is 1. The van der Waals surface area contributed by atoms with E-state index in [9.17, 15) is 0 Å². The van der Waals surface area contributed by atoms with Gasteiger partial charge in [-0.15, -0.1) is 0 Å². The highest BCUT2D eigenvalue weighted by Crippen LogP contribution is 2.34. The first kappa shape index (κ1) is 15.2. The molecule has 0 radical (unpaired) electrons. The molecule has 3 rings (SSSR count). The van der Waals surface area contributed by atoms with Gasteiger partial charge in [-0.3, -0.25) is 0 Å². The number of aryl methyl sites for hydroxylation is 1. The number of rotatable bonds is 5. The minimum atomic E-state index is 0.567. The van der Waals surface area contributed by atoms with Gasteiger partial charge in [0.15, 0.2) is 17.1 Å². The molecule has 0 amide bonds. The first-order valence-electron chi connectivity index (χ1n) is 7.53. The molecule has 0 aliphatic rings. The highest BCUT2D eigenvalue weighted by atomic mass is 16.5. The van der Waals surface area contributed by atoms with Crippen LogP contribution in [-0.4, -0.2) is 25.7 Å². The number of nitrogens with zero attached hydrogens (tertiary/aromatic N) is 1. The lowest BCUT2D eigenvalue weighted by Gasteiger charge is -2.07. The molecular weight excluding hydrogens is 292 g/mol. The van der Waals surface area contributed by atoms with Gasteiger partial charge in [-0.25, -0.2) is 4.98 Å². The minimum Gasteiger partial charge on any atom is -0.493 e. The molecule has 3 aromatic rings. The number of oxazole rings is 1. The number of methoxy groups -OCH3 is 2. The Morgan fingerprint density at radius 3 is 2.57 bits per heavy atom. The highest BCUT2D eigenvalue weighted by Gasteiger charge is 2.13. The second kappa shape index (κ2) is 6.20. The Labute approximate surface area is 135 Å². The predicted octanol–water partition coefficient (Wildman–Crippen LogP) is 4.25. The molecule has 0 saturated heterocycles. The highest BCUT2D eigenvalue weighted by molar-refractivity contribution is 5.83. The fraction of sp³-hybridized carbons (Fsp3) is 0.278. The Bertz CT molecular complexity index is 840. The van der Waals surface area contributed by atoms with E-state index < -0.39 is 0 Å². The summed E-state index contributed by atoms with van der Waals surface area (Å²) in [6.07, 6.45) is 0. The first-order chi connectivity index (χ1) is 11.2. The van der Waals surface area contributed by atoms with Gasteiger partial charge in [0.1, 0.15) is 5.52 Å². The van der Waals surface area contributed by atoms with Crippen molar-refractivity contribution in [1.29, 1.82) is 0 Å². The Balaban J connectivity index is 2.08. The summed E-state index contributed by atoms with van der Waals surface area (Å²) in [5, 5.41) is 3.30. The molecule has 0 unspecified atom stereocenters. The summed E-state index contributed by atoms with van der Waals surface area (Å²) in [7, 11) is 3.23. The Morgan fingerprint density at radius 1 is 1.09 bits per heavy atom. The van der Waals surface area contributed by atoms with E-state index in [4.69, 9.17) is 13.9 Å². The van der Waals surface area contributed by atoms with Gasteiger partial charge >= 0.3 is 0 Å². The Hall–Kier alpha value is -2.69. The number of hydrogen-bond acceptors (Lipinski definition) is 5. The van der Waals surface area contributed by atoms with E-state index in [2.05, 4.69) is 23.3 Å². The topological polar surface area (TPSA) is 56.5 Å². The van der Waals surface area contributed by atoms with E-state index in [0.29, 0.717) is 17.4 Å². The zero-order valence-electron chi connectivity index (χ0n) is 13.8. The summed E-state index contributed by atoms with van der Waals surface area (Å²) in [4.78, 5) is 4.61. The molecule has 0 aliphatic carbocycles. The van der Waals surface area contributed by atoms with E-state index in [1.807, 2.05) is 31.2 Å². The first-order valence-corrected chi connectivity index (χ1v) is 7.53. The number of hydrogen-bond donors (Lipinski definition) is 1. The van der Waals surface area contributed by atoms with Crippen molar-refractivity contribution >= 4 is 16.8 Å². The molecule has 1 N–H and O–H groups in total. The molecule has 1 heterocycles. The lowest BCUT2D eigenvalue weighted by molar-refractivity contribution is 0.355. The number of ether oxygens (including phenoxy) is 2. The van der Waals surface area contributed by atoms with Crippen molar-refractivity contribution < 1.29 is 13.9 Å². The molecule has 0 saturated carbocycles. The summed E-state index contributed by atoms with van der Waals surface area (Å²) in [6, 6.07) is 9.69. The van der Waals surface area contributed by atoms with Crippen LogP contribution in [0.2, 0.25) is 0 Å². The number of nitrogens with one attached hydrogen (secondary N) is 1. The van der Waals surface area contributed by atoms with Crippen molar-refractivity contribution in [1.82, 2.24) is 4.98 Å². The van der Waals surface area contributed by atoms with Crippen molar-refractivity contribution in [2.24, 2.45) is 0 Å². The van der Waals surface area contributed by atoms with Crippen LogP contribution in [0.3, 0.4) is 0 Å². The summed E-state index contributed by atoms with van der Waals surface area (Å²) in [6.45, 7) is 4.95. The van der Waals surface area contributed by atoms with Gasteiger partial charge in [-0.1, -0.05) is 0 Å². The van der Waals surface area contributed by atoms with Gasteiger partial charge in [-0.05, 0) is 49.7 Å². The van der Waals surface area contributed by atoms with Gasteiger partial charge < -0.3 is 19.2 Å². The monoisotopic (exact) mass is 312 g/mol. The SMILES string of the molecule is CCNc1cc(C)c2oc(-c3ccc(OC)c(OC)c3)nc2c1. The van der Waals surface area contributed by atoms with Crippen LogP contribution < -0.4 is 14.8 Å². The summed E-state index contributed by atoms with van der Waals surface area (Å²) < 4.78 is 16.6. The second-order valence-electron chi connectivity index (χ2n) is 5.26. The smallest absolute Gasteiger partial charge is 0.227 e. The quantitative estimate of drug-likeness (QED) is 0.763. The van der Waals surface area contributed by atoms with Crippen LogP contribution in [-0.2, 0) is 0 Å². The van der Waals surface area contributed by atoms with Gasteiger partial charge in [0.05, 0.1) is 14.2 Å². The maximum atomic E-state index is 5.96. The van der Waals surface area contributed by atoms with E-state index >= 15 is 0 Å². The lowest BCUT2D eigenvalue weighted by atomic mass is 10.2. The Morgan fingerprint density at radius 2 is 1.87 bits per heavy atom. The molecule has 1 aromatic heterocycles. The van der Waals surface area contributed by atoms with Crippen LogP contribution in [0, 0.1) is 6.92 Å². The fourth-order valence-electron chi connectivity index (χ4n) is 2.60. The van der Waals surface area contributed by atoms with Gasteiger partial charge in [0, 0.05) is 17.8 Å². The third kappa shape index (κ3) is 2.82. The van der Waals surface area contributed by atoms with Crippen LogP contribution in [0.5, 0.6) is 11.5 Å². The summed E-state index contributed by atoms with van der Waals surface area (Å²) in [5.41, 5.74) is 4.59. The zero-order valence-corrected chi connectivity index (χ0v) is 13.8. The molecule has 120 valence electrons. The minimum absolute atomic E-state index is 0.567. The Kier molecular flexibility index (Phi) is 4.10. The number of fused-ring (bicyclic) bond motifs is 1. The molecule has 0 bridgehead atoms. The number of benzene rings is 2. The van der Waals surface area contributed by atoms with Crippen LogP contribution in [0.1, 0.15) is 12.5 Å². The van der Waals surface area contributed by atoms with Crippen LogP contribution in [0.15, 0.2) is 34.7 Å². The van der Waals surface area contributed by atoms with Crippen molar-refractivity contribution in [3.05, 3.63) is 35.9 Å². The van der Waals surface area contributed by atoms with Gasteiger partial charge in [-0.2, -0.15) is 0 Å². The van der Waals surface area contributed by atoms with Gasteiger partial charge in [0.2, 0.25) is 5.89 Å². The van der Waals surface area contributed by atoms with Gasteiger partial charge in [0.25, 0.3) is 0 Å². The third-order valence-electron chi connectivity index (χ3n) is 3.69. The molecule has 0 atom stereocenters. The van der Waals surface area contributed by atoms with Crippen molar-refractivity contribution in [3.63, 3.8) is 0 Å². The number of anilines is 1. The molecular formula is C18H20N2O3. The second-order valence-corrected chi connectivity index (χ2v) is 5.26. The molecule has 5 nitrogen and oxygen atoms in total. The van der Waals surface area contributed by atoms with Crippen LogP contribution in [0.4, 0.5) is 5.69 Å². The lowest BCUT2D eigenvalue weighted by Crippen LogP contribution is -1.96. The van der Waals surface area contributed by atoms with E-state index in [1.54, 1.807) is 14.2 Å². The van der Waals surface area contributed by atoms with Crippen LogP contribution >= 0.6 is 0 Å². The van der Waals surface area contributed by atoms with E-state index in [-0.39, 0.29) is 0 Å². The standard InChI is InChI=1S/C18H20N2O3/c1-5-19-13-8-11(2)17-14(10-13)20-18(23-17)12-6-7-15(21-3)16(9-12)22-4/h6-10,19H,5H2,1-4H3. The summed E-state index contributed by atoms with van der Waals surface area (Å²) in [5.74, 6) is 1.90. The van der Waals surface area contributed by atoms with Crippen molar-refractivity contribution in [2.75, 3.05) is 26.1 Å².